The Hall–Kier alpha value is -2.22. The molecule has 0 bridgehead atoms. The van der Waals surface area contributed by atoms with E-state index in [1.54, 1.807) is 0 Å². The second-order valence-electron chi connectivity index (χ2n) is 6.23. The Morgan fingerprint density at radius 3 is 2.71 bits per heavy atom. The molecule has 2 aliphatic rings. The average molecular weight is 276 g/mol. The normalized spacial score (nSPS) is 26.0. The van der Waals surface area contributed by atoms with Crippen LogP contribution in [0.25, 0.3) is 0 Å². The van der Waals surface area contributed by atoms with E-state index in [-0.39, 0.29) is 0 Å². The minimum Gasteiger partial charge on any atom is -0.399 e. The van der Waals surface area contributed by atoms with Gasteiger partial charge >= 0.3 is 0 Å². The Balaban J connectivity index is 1.78. The molecule has 4 rings (SSSR count). The summed E-state index contributed by atoms with van der Waals surface area (Å²) in [5.41, 5.74) is 12.0. The zero-order valence-corrected chi connectivity index (χ0v) is 12.2. The fourth-order valence-electron chi connectivity index (χ4n) is 3.75. The van der Waals surface area contributed by atoms with Crippen LogP contribution >= 0.6 is 0 Å². The van der Waals surface area contributed by atoms with Crippen LogP contribution in [0, 0.1) is 12.8 Å². The lowest BCUT2D eigenvalue weighted by molar-refractivity contribution is 0.425. The molecular weight excluding hydrogens is 256 g/mol. The van der Waals surface area contributed by atoms with Crippen molar-refractivity contribution in [3.05, 3.63) is 71.3 Å². The molecule has 0 spiro atoms. The van der Waals surface area contributed by atoms with E-state index in [1.165, 1.54) is 22.4 Å². The predicted octanol–water partition coefficient (Wildman–Crippen LogP) is 4.40. The number of nitrogens with one attached hydrogen (secondary N) is 1. The zero-order valence-electron chi connectivity index (χ0n) is 12.2. The second-order valence-corrected chi connectivity index (χ2v) is 6.23. The summed E-state index contributed by atoms with van der Waals surface area (Å²) in [5.74, 6) is 1.13. The third kappa shape index (κ3) is 2.02. The van der Waals surface area contributed by atoms with Crippen molar-refractivity contribution in [1.82, 2.24) is 0 Å². The molecule has 1 aliphatic carbocycles. The van der Waals surface area contributed by atoms with Gasteiger partial charge in [0, 0.05) is 17.3 Å². The molecule has 0 unspecified atom stereocenters. The van der Waals surface area contributed by atoms with E-state index in [0.717, 1.165) is 12.1 Å². The van der Waals surface area contributed by atoms with Gasteiger partial charge in [-0.2, -0.15) is 0 Å². The number of benzene rings is 2. The molecule has 0 amide bonds. The van der Waals surface area contributed by atoms with Gasteiger partial charge in [-0.05, 0) is 48.6 Å². The molecule has 0 aromatic heterocycles. The number of hydrogen-bond donors (Lipinski definition) is 2. The fraction of sp³-hybridized carbons (Fsp3) is 0.263. The third-order valence-electron chi connectivity index (χ3n) is 4.81. The number of rotatable bonds is 1. The molecule has 3 N–H and O–H groups in total. The van der Waals surface area contributed by atoms with Gasteiger partial charge in [-0.15, -0.1) is 0 Å². The molecule has 106 valence electrons. The molecule has 0 saturated heterocycles. The van der Waals surface area contributed by atoms with E-state index in [0.29, 0.717) is 17.9 Å². The van der Waals surface area contributed by atoms with Crippen LogP contribution < -0.4 is 11.1 Å². The summed E-state index contributed by atoms with van der Waals surface area (Å²) in [6, 6.07) is 15.4. The molecule has 21 heavy (non-hydrogen) atoms. The van der Waals surface area contributed by atoms with Crippen LogP contribution in [0.3, 0.4) is 0 Å². The summed E-state index contributed by atoms with van der Waals surface area (Å²) >= 11 is 0. The van der Waals surface area contributed by atoms with Crippen LogP contribution in [0.1, 0.15) is 35.1 Å². The van der Waals surface area contributed by atoms with Crippen molar-refractivity contribution >= 4 is 11.4 Å². The molecule has 3 atom stereocenters. The van der Waals surface area contributed by atoms with E-state index in [1.807, 2.05) is 12.1 Å². The molecule has 2 nitrogen and oxygen atoms in total. The largest absolute Gasteiger partial charge is 0.399 e. The van der Waals surface area contributed by atoms with Crippen molar-refractivity contribution in [2.45, 2.75) is 25.3 Å². The number of nitrogen functional groups attached to an aromatic ring is 1. The molecule has 1 heterocycles. The number of anilines is 2. The first kappa shape index (κ1) is 12.5. The minimum atomic E-state index is 0.362. The van der Waals surface area contributed by atoms with Gasteiger partial charge < -0.3 is 11.1 Å². The molecule has 1 aliphatic heterocycles. The van der Waals surface area contributed by atoms with Crippen LogP contribution in [0.5, 0.6) is 0 Å². The average Bonchev–Trinajstić information content (AvgIpc) is 2.97. The van der Waals surface area contributed by atoms with Gasteiger partial charge in [0.05, 0.1) is 6.04 Å². The van der Waals surface area contributed by atoms with Crippen molar-refractivity contribution < 1.29 is 0 Å². The number of aryl methyl sites for hydroxylation is 1. The molecule has 2 heteroatoms. The standard InChI is InChI=1S/C19H20N2/c1-12-5-10-18-17(11-12)15-3-2-4-16(15)19(21-18)13-6-8-14(20)9-7-13/h2-3,5-11,15-16,19,21H,4,20H2,1H3/t15-,16-,19-/m0/s1. The molecule has 2 aromatic carbocycles. The summed E-state index contributed by atoms with van der Waals surface area (Å²) in [7, 11) is 0. The Labute approximate surface area is 125 Å². The fourth-order valence-corrected chi connectivity index (χ4v) is 3.75. The molecular formula is C19H20N2. The Morgan fingerprint density at radius 1 is 1.10 bits per heavy atom. The third-order valence-corrected chi connectivity index (χ3v) is 4.81. The Bertz CT molecular complexity index is 700. The van der Waals surface area contributed by atoms with Crippen molar-refractivity contribution in [1.29, 1.82) is 0 Å². The van der Waals surface area contributed by atoms with E-state index < -0.39 is 0 Å². The summed E-state index contributed by atoms with van der Waals surface area (Å²) in [4.78, 5) is 0. The number of allylic oxidation sites excluding steroid dienone is 2. The number of hydrogen-bond acceptors (Lipinski definition) is 2. The van der Waals surface area contributed by atoms with Gasteiger partial charge in [-0.3, -0.25) is 0 Å². The minimum absolute atomic E-state index is 0.362. The molecule has 0 saturated carbocycles. The number of nitrogens with two attached hydrogens (primary N) is 1. The Morgan fingerprint density at radius 2 is 1.90 bits per heavy atom. The van der Waals surface area contributed by atoms with Crippen molar-refractivity contribution in [2.75, 3.05) is 11.1 Å². The van der Waals surface area contributed by atoms with E-state index in [9.17, 15) is 0 Å². The zero-order chi connectivity index (χ0) is 14.4. The summed E-state index contributed by atoms with van der Waals surface area (Å²) in [5, 5.41) is 3.75. The van der Waals surface area contributed by atoms with Gasteiger partial charge in [0.15, 0.2) is 0 Å². The Kier molecular flexibility index (Phi) is 2.78. The highest BCUT2D eigenvalue weighted by Gasteiger charge is 2.37. The van der Waals surface area contributed by atoms with Gasteiger partial charge in [-0.1, -0.05) is 42.0 Å². The van der Waals surface area contributed by atoms with E-state index >= 15 is 0 Å². The van der Waals surface area contributed by atoms with Gasteiger partial charge in [0.25, 0.3) is 0 Å². The van der Waals surface area contributed by atoms with Crippen molar-refractivity contribution in [3.63, 3.8) is 0 Å². The topological polar surface area (TPSA) is 38.0 Å². The lowest BCUT2D eigenvalue weighted by Gasteiger charge is -2.37. The summed E-state index contributed by atoms with van der Waals surface area (Å²) in [6.45, 7) is 2.17. The molecule has 2 aromatic rings. The van der Waals surface area contributed by atoms with E-state index in [2.05, 4.69) is 54.7 Å². The molecule has 0 radical (unpaired) electrons. The SMILES string of the molecule is Cc1ccc2c(c1)[C@H]1C=CC[C@@H]1[C@H](c1ccc(N)cc1)N2. The smallest absolute Gasteiger partial charge is 0.0553 e. The van der Waals surface area contributed by atoms with Crippen molar-refractivity contribution in [2.24, 2.45) is 5.92 Å². The lowest BCUT2D eigenvalue weighted by Crippen LogP contribution is -2.29. The first-order valence-electron chi connectivity index (χ1n) is 7.61. The highest BCUT2D eigenvalue weighted by Crippen LogP contribution is 2.49. The van der Waals surface area contributed by atoms with Gasteiger partial charge in [0.1, 0.15) is 0 Å². The van der Waals surface area contributed by atoms with Crippen LogP contribution in [0.2, 0.25) is 0 Å². The summed E-state index contributed by atoms with van der Waals surface area (Å²) in [6.07, 6.45) is 5.85. The summed E-state index contributed by atoms with van der Waals surface area (Å²) < 4.78 is 0. The quantitative estimate of drug-likeness (QED) is 0.598. The monoisotopic (exact) mass is 276 g/mol. The van der Waals surface area contributed by atoms with Crippen LogP contribution in [-0.4, -0.2) is 0 Å². The lowest BCUT2D eigenvalue weighted by atomic mass is 9.76. The maximum atomic E-state index is 5.82. The van der Waals surface area contributed by atoms with Gasteiger partial charge in [-0.25, -0.2) is 0 Å². The van der Waals surface area contributed by atoms with Crippen molar-refractivity contribution in [3.8, 4) is 0 Å². The highest BCUT2D eigenvalue weighted by atomic mass is 15.0. The first-order chi connectivity index (χ1) is 10.2. The predicted molar refractivity (Wildman–Crippen MR) is 88.4 cm³/mol. The maximum Gasteiger partial charge on any atom is 0.0553 e. The molecule has 0 fully saturated rings. The van der Waals surface area contributed by atoms with Gasteiger partial charge in [0.2, 0.25) is 0 Å². The number of fused-ring (bicyclic) bond motifs is 3. The van der Waals surface area contributed by atoms with Crippen LogP contribution in [0.4, 0.5) is 11.4 Å². The van der Waals surface area contributed by atoms with Crippen LogP contribution in [-0.2, 0) is 0 Å². The van der Waals surface area contributed by atoms with Crippen LogP contribution in [0.15, 0.2) is 54.6 Å². The first-order valence-corrected chi connectivity index (χ1v) is 7.61. The highest BCUT2D eigenvalue weighted by molar-refractivity contribution is 5.61. The van der Waals surface area contributed by atoms with E-state index in [4.69, 9.17) is 5.73 Å². The second kappa shape index (κ2) is 4.66. The maximum absolute atomic E-state index is 5.82.